The van der Waals surface area contributed by atoms with Gasteiger partial charge in [0.15, 0.2) is 0 Å². The van der Waals surface area contributed by atoms with E-state index in [-0.39, 0.29) is 10.8 Å². The van der Waals surface area contributed by atoms with Crippen molar-refractivity contribution in [1.82, 2.24) is 0 Å². The fourth-order valence-corrected chi connectivity index (χ4v) is 17.9. The average Bonchev–Trinajstić information content (AvgIpc) is 1.57. The van der Waals surface area contributed by atoms with Gasteiger partial charge in [0.05, 0.1) is 11.7 Å². The molecular formula is C109H124OS. The molecule has 1 nitrogen and oxygen atoms in total. The van der Waals surface area contributed by atoms with Crippen LogP contribution in [0.25, 0.3) is 43.4 Å². The molecule has 0 N–H and O–H groups in total. The van der Waals surface area contributed by atoms with Crippen molar-refractivity contribution in [3.05, 3.63) is 391 Å². The average molecular weight is 1480 g/mol. The Hall–Kier alpha value is -9.60. The lowest BCUT2D eigenvalue weighted by Gasteiger charge is -2.37. The molecular weight excluding hydrogens is 1360 g/mol. The summed E-state index contributed by atoms with van der Waals surface area (Å²) in [7, 11) is 0. The SMILES string of the molecule is CC(C)c1cc2ccccc2c2ccccc12.CC(C)c1ccc(C(c2ccccc2)(c2ccccc2)c2ccccc2)cc1.CC(C)c1ccc(C2CCCCC2)cc1.CC(C)c1ccc2c3c(cccc13)CC2.CC(C)c1ccco1.CC(C)c1cccs1.CCC1(CC)c2ccccc2-c2cc(C(C)C)ccc21. The molecule has 0 bridgehead atoms. The first-order valence-electron chi connectivity index (χ1n) is 41.9. The molecule has 0 atom stereocenters. The Balaban J connectivity index is 0.000000133. The highest BCUT2D eigenvalue weighted by Crippen LogP contribution is 2.53. The van der Waals surface area contributed by atoms with E-state index >= 15 is 0 Å². The van der Waals surface area contributed by atoms with Crippen molar-refractivity contribution in [2.45, 2.75) is 227 Å². The van der Waals surface area contributed by atoms with Gasteiger partial charge in [0.2, 0.25) is 0 Å². The fraction of sp³-hybridized carbons (Fsp3) is 0.321. The van der Waals surface area contributed by atoms with Gasteiger partial charge in [-0.25, -0.2) is 0 Å². The van der Waals surface area contributed by atoms with E-state index in [9.17, 15) is 0 Å². The van der Waals surface area contributed by atoms with Gasteiger partial charge in [0, 0.05) is 16.2 Å². The van der Waals surface area contributed by atoms with Crippen molar-refractivity contribution in [3.8, 4) is 11.1 Å². The van der Waals surface area contributed by atoms with E-state index in [0.29, 0.717) is 41.4 Å². The molecule has 2 heteroatoms. The van der Waals surface area contributed by atoms with Crippen molar-refractivity contribution < 1.29 is 4.42 Å². The standard InChI is InChI=1S/C28H26.C20H24.C17H16.C15H16.C15H22.C7H10O.C7H10S/c1-22(2)23-18-20-27(21-19-23)28(24-12-6-3-7-13-24,25-14-8-4-9-15-25)26-16-10-5-11-17-26;1-5-20(6-2)18-10-8-7-9-16(18)17-13-15(14(3)4)11-12-19(17)20;1-12(2)17-11-13-7-3-4-8-14(13)15-9-5-6-10-16(15)17;1-10(2)13-9-8-12-7-6-11-4-3-5-14(13)15(11)12;1-12(2)13-8-10-15(11-9-13)14-6-4-3-5-7-14;2*1-6(2)7-4-3-5-8-7/h3-22H,1-2H3;7-14H,5-6H2,1-4H3;3-12H,1-2H3;3-5,8-10H,6-7H2,1-2H3;8-12,14H,3-7H2,1-2H3;2*3-6H,1-2H3. The molecule has 572 valence electrons. The molecule has 0 aliphatic heterocycles. The van der Waals surface area contributed by atoms with Crippen LogP contribution in [-0.4, -0.2) is 0 Å². The number of hydrogen-bond acceptors (Lipinski definition) is 2. The number of hydrogen-bond donors (Lipinski definition) is 0. The van der Waals surface area contributed by atoms with Crippen molar-refractivity contribution in [1.29, 1.82) is 0 Å². The molecule has 0 radical (unpaired) electrons. The summed E-state index contributed by atoms with van der Waals surface area (Å²) in [6, 6.07) is 106. The second-order valence-corrected chi connectivity index (χ2v) is 34.1. The maximum Gasteiger partial charge on any atom is 0.106 e. The number of furan rings is 1. The Morgan fingerprint density at radius 2 is 0.856 bits per heavy atom. The molecule has 3 aliphatic rings. The summed E-state index contributed by atoms with van der Waals surface area (Å²) in [6.45, 7) is 35.9. The third kappa shape index (κ3) is 19.3. The Bertz CT molecular complexity index is 4970. The minimum Gasteiger partial charge on any atom is -0.469 e. The molecule has 1 fully saturated rings. The number of benzene rings is 12. The largest absolute Gasteiger partial charge is 0.469 e. The second-order valence-electron chi connectivity index (χ2n) is 33.1. The first-order chi connectivity index (χ1) is 53.8. The Morgan fingerprint density at radius 1 is 0.360 bits per heavy atom. The van der Waals surface area contributed by atoms with Crippen LogP contribution in [0.15, 0.2) is 307 Å². The lowest BCUT2D eigenvalue weighted by atomic mass is 9.65. The zero-order chi connectivity index (χ0) is 78.6. The Kier molecular flexibility index (Phi) is 29.0. The quantitative estimate of drug-likeness (QED) is 0.0781. The van der Waals surface area contributed by atoms with Crippen LogP contribution in [0, 0.1) is 0 Å². The monoisotopic (exact) mass is 1480 g/mol. The van der Waals surface area contributed by atoms with Crippen molar-refractivity contribution >= 4 is 43.7 Å². The van der Waals surface area contributed by atoms with E-state index in [1.165, 1.54) is 162 Å². The van der Waals surface area contributed by atoms with Gasteiger partial charge in [0.1, 0.15) is 5.76 Å². The predicted octanol–water partition coefficient (Wildman–Crippen LogP) is 32.4. The zero-order valence-corrected chi connectivity index (χ0v) is 70.5. The third-order valence-electron chi connectivity index (χ3n) is 23.7. The van der Waals surface area contributed by atoms with Crippen LogP contribution in [0.1, 0.15) is 292 Å². The lowest BCUT2D eigenvalue weighted by Crippen LogP contribution is -2.31. The molecule has 2 heterocycles. The summed E-state index contributed by atoms with van der Waals surface area (Å²) < 4.78 is 5.09. The van der Waals surface area contributed by atoms with Gasteiger partial charge in [-0.3, -0.25) is 0 Å². The summed E-state index contributed by atoms with van der Waals surface area (Å²) >= 11 is 1.83. The zero-order valence-electron chi connectivity index (χ0n) is 69.7. The maximum absolute atomic E-state index is 5.09. The van der Waals surface area contributed by atoms with E-state index in [1.54, 1.807) is 28.3 Å². The summed E-state index contributed by atoms with van der Waals surface area (Å²) in [4.78, 5) is 1.48. The second kappa shape index (κ2) is 39.0. The Labute approximate surface area is 672 Å². The highest BCUT2D eigenvalue weighted by Gasteiger charge is 2.41. The molecule has 1 saturated carbocycles. The van der Waals surface area contributed by atoms with Crippen molar-refractivity contribution in [2.24, 2.45) is 0 Å². The molecule has 12 aromatic carbocycles. The summed E-state index contributed by atoms with van der Waals surface area (Å²) in [5, 5.41) is 10.6. The summed E-state index contributed by atoms with van der Waals surface area (Å²) in [5.41, 5.74) is 22.9. The van der Waals surface area contributed by atoms with E-state index in [4.69, 9.17) is 4.42 Å². The van der Waals surface area contributed by atoms with Gasteiger partial charge in [-0.1, -0.05) is 403 Å². The molecule has 17 rings (SSSR count). The van der Waals surface area contributed by atoms with Gasteiger partial charge < -0.3 is 4.42 Å². The van der Waals surface area contributed by atoms with Gasteiger partial charge in [-0.15, -0.1) is 11.3 Å². The fourth-order valence-electron chi connectivity index (χ4n) is 17.2. The molecule has 0 saturated heterocycles. The molecule has 2 aromatic heterocycles. The third-order valence-corrected chi connectivity index (χ3v) is 24.8. The minimum absolute atomic E-state index is 0.224. The molecule has 3 aliphatic carbocycles. The lowest BCUT2D eigenvalue weighted by molar-refractivity contribution is 0.443. The molecule has 0 amide bonds. The van der Waals surface area contributed by atoms with Crippen LogP contribution in [0.3, 0.4) is 0 Å². The highest BCUT2D eigenvalue weighted by atomic mass is 32.1. The Morgan fingerprint density at radius 3 is 1.36 bits per heavy atom. The predicted molar refractivity (Wildman–Crippen MR) is 485 cm³/mol. The van der Waals surface area contributed by atoms with Gasteiger partial charge in [-0.05, 0) is 225 Å². The van der Waals surface area contributed by atoms with Crippen LogP contribution in [-0.2, 0) is 23.7 Å². The number of fused-ring (bicyclic) bond motifs is 6. The van der Waals surface area contributed by atoms with Crippen LogP contribution < -0.4 is 0 Å². The van der Waals surface area contributed by atoms with Crippen LogP contribution in [0.4, 0.5) is 0 Å². The summed E-state index contributed by atoms with van der Waals surface area (Å²) in [5.74, 6) is 6.08. The normalized spacial score (nSPS) is 13.3. The van der Waals surface area contributed by atoms with Crippen molar-refractivity contribution in [3.63, 3.8) is 0 Å². The topological polar surface area (TPSA) is 13.1 Å². The highest BCUT2D eigenvalue weighted by molar-refractivity contribution is 7.10. The van der Waals surface area contributed by atoms with Crippen LogP contribution >= 0.6 is 11.3 Å². The van der Waals surface area contributed by atoms with Crippen molar-refractivity contribution in [2.75, 3.05) is 0 Å². The van der Waals surface area contributed by atoms with E-state index in [0.717, 1.165) is 11.7 Å². The summed E-state index contributed by atoms with van der Waals surface area (Å²) in [6.07, 6.45) is 13.6. The van der Waals surface area contributed by atoms with E-state index in [1.807, 2.05) is 23.5 Å². The molecule has 0 spiro atoms. The van der Waals surface area contributed by atoms with Gasteiger partial charge in [-0.2, -0.15) is 0 Å². The maximum atomic E-state index is 5.09. The minimum atomic E-state index is -0.348. The van der Waals surface area contributed by atoms with Crippen LogP contribution in [0.5, 0.6) is 0 Å². The molecule has 111 heavy (non-hydrogen) atoms. The number of rotatable bonds is 14. The van der Waals surface area contributed by atoms with Crippen LogP contribution in [0.2, 0.25) is 0 Å². The smallest absolute Gasteiger partial charge is 0.106 e. The van der Waals surface area contributed by atoms with E-state index < -0.39 is 0 Å². The van der Waals surface area contributed by atoms with Gasteiger partial charge >= 0.3 is 0 Å². The first-order valence-corrected chi connectivity index (χ1v) is 42.8. The van der Waals surface area contributed by atoms with Gasteiger partial charge in [0.25, 0.3) is 0 Å². The number of aryl methyl sites for hydroxylation is 2. The molecule has 0 unspecified atom stereocenters. The van der Waals surface area contributed by atoms with E-state index in [2.05, 4.69) is 395 Å². The first kappa shape index (κ1) is 82.4. The number of thiophene rings is 1. The molecule has 14 aromatic rings.